The van der Waals surface area contributed by atoms with Crippen LogP contribution in [0.2, 0.25) is 0 Å². The van der Waals surface area contributed by atoms with Crippen molar-refractivity contribution in [3.63, 3.8) is 0 Å². The highest BCUT2D eigenvalue weighted by molar-refractivity contribution is 5.54. The molecule has 1 aliphatic heterocycles. The average molecular weight is 304 g/mol. The van der Waals surface area contributed by atoms with Gasteiger partial charge in [-0.1, -0.05) is 0 Å². The summed E-state index contributed by atoms with van der Waals surface area (Å²) in [4.78, 5) is 25.5. The van der Waals surface area contributed by atoms with E-state index in [9.17, 15) is 10.1 Å². The Morgan fingerprint density at radius 3 is 2.86 bits per heavy atom. The van der Waals surface area contributed by atoms with E-state index in [0.717, 1.165) is 13.0 Å². The fourth-order valence-electron chi connectivity index (χ4n) is 2.56. The average Bonchev–Trinajstić information content (AvgIpc) is 3.17. The summed E-state index contributed by atoms with van der Waals surface area (Å²) in [5.41, 5.74) is 0.226. The van der Waals surface area contributed by atoms with Crippen molar-refractivity contribution in [3.05, 3.63) is 34.5 Å². The predicted octanol–water partition coefficient (Wildman–Crippen LogP) is 1.10. The molecule has 2 aromatic rings. The van der Waals surface area contributed by atoms with Crippen LogP contribution >= 0.6 is 0 Å². The highest BCUT2D eigenvalue weighted by Crippen LogP contribution is 2.28. The quantitative estimate of drug-likeness (QED) is 0.616. The maximum atomic E-state index is 11.3. The molecule has 9 nitrogen and oxygen atoms in total. The SMILES string of the molecule is CO[C@@H]1CCN(c2nc(C)c([N+](=O)[O-])c(-n3ccnc3)n2)C1. The van der Waals surface area contributed by atoms with Crippen LogP contribution < -0.4 is 4.90 Å². The maximum absolute atomic E-state index is 11.3. The van der Waals surface area contributed by atoms with Gasteiger partial charge in [0.15, 0.2) is 0 Å². The summed E-state index contributed by atoms with van der Waals surface area (Å²) in [5.74, 6) is 0.706. The minimum Gasteiger partial charge on any atom is -0.380 e. The van der Waals surface area contributed by atoms with Crippen LogP contribution in [0.4, 0.5) is 11.6 Å². The first-order valence-corrected chi connectivity index (χ1v) is 6.89. The van der Waals surface area contributed by atoms with Crippen LogP contribution in [0.3, 0.4) is 0 Å². The molecule has 1 saturated heterocycles. The first kappa shape index (κ1) is 14.4. The van der Waals surface area contributed by atoms with Crippen molar-refractivity contribution >= 4 is 11.6 Å². The number of methoxy groups -OCH3 is 1. The van der Waals surface area contributed by atoms with Crippen LogP contribution in [0.25, 0.3) is 5.82 Å². The normalized spacial score (nSPS) is 17.9. The topological polar surface area (TPSA) is 99.2 Å². The van der Waals surface area contributed by atoms with E-state index in [1.54, 1.807) is 26.4 Å². The number of ether oxygens (including phenoxy) is 1. The lowest BCUT2D eigenvalue weighted by atomic mass is 10.3. The van der Waals surface area contributed by atoms with Crippen molar-refractivity contribution in [1.29, 1.82) is 0 Å². The molecule has 1 atom stereocenters. The van der Waals surface area contributed by atoms with Gasteiger partial charge in [0, 0.05) is 32.6 Å². The van der Waals surface area contributed by atoms with E-state index in [1.165, 1.54) is 10.9 Å². The molecule has 116 valence electrons. The molecule has 0 aromatic carbocycles. The van der Waals surface area contributed by atoms with E-state index < -0.39 is 4.92 Å². The third-order valence-corrected chi connectivity index (χ3v) is 3.72. The van der Waals surface area contributed by atoms with Gasteiger partial charge in [0.05, 0.1) is 11.0 Å². The van der Waals surface area contributed by atoms with Gasteiger partial charge in [0.2, 0.25) is 11.8 Å². The Balaban J connectivity index is 2.05. The predicted molar refractivity (Wildman–Crippen MR) is 78.2 cm³/mol. The zero-order valence-corrected chi connectivity index (χ0v) is 12.3. The number of anilines is 1. The molecule has 0 amide bonds. The minimum atomic E-state index is -0.462. The third kappa shape index (κ3) is 2.50. The second-order valence-electron chi connectivity index (χ2n) is 5.10. The molecule has 1 aliphatic rings. The third-order valence-electron chi connectivity index (χ3n) is 3.72. The van der Waals surface area contributed by atoms with Gasteiger partial charge in [-0.05, 0) is 13.3 Å². The fraction of sp³-hybridized carbons (Fsp3) is 0.462. The molecule has 22 heavy (non-hydrogen) atoms. The molecule has 0 unspecified atom stereocenters. The summed E-state index contributed by atoms with van der Waals surface area (Å²) in [5, 5.41) is 11.3. The molecular formula is C13H16N6O3. The Kier molecular flexibility index (Phi) is 3.72. The van der Waals surface area contributed by atoms with E-state index in [1.807, 2.05) is 4.90 Å². The molecule has 0 saturated carbocycles. The van der Waals surface area contributed by atoms with E-state index in [-0.39, 0.29) is 17.6 Å². The molecule has 0 bridgehead atoms. The summed E-state index contributed by atoms with van der Waals surface area (Å²) in [6.45, 7) is 3.06. The zero-order valence-electron chi connectivity index (χ0n) is 12.3. The monoisotopic (exact) mass is 304 g/mol. The summed E-state index contributed by atoms with van der Waals surface area (Å²) < 4.78 is 6.86. The van der Waals surface area contributed by atoms with Crippen molar-refractivity contribution in [3.8, 4) is 5.82 Å². The number of rotatable bonds is 4. The largest absolute Gasteiger partial charge is 0.380 e. The van der Waals surface area contributed by atoms with Crippen molar-refractivity contribution < 1.29 is 9.66 Å². The molecule has 0 spiro atoms. The van der Waals surface area contributed by atoms with Gasteiger partial charge in [0.25, 0.3) is 0 Å². The van der Waals surface area contributed by atoms with Crippen LogP contribution in [0.5, 0.6) is 0 Å². The smallest absolute Gasteiger partial charge is 0.333 e. The number of nitro groups is 1. The number of imidazole rings is 1. The molecule has 0 N–H and O–H groups in total. The molecule has 9 heteroatoms. The van der Waals surface area contributed by atoms with Crippen LogP contribution in [0, 0.1) is 17.0 Å². The van der Waals surface area contributed by atoms with E-state index in [0.29, 0.717) is 18.2 Å². The number of aryl methyl sites for hydroxylation is 1. The van der Waals surface area contributed by atoms with Crippen molar-refractivity contribution in [2.24, 2.45) is 0 Å². The second kappa shape index (κ2) is 5.68. The second-order valence-corrected chi connectivity index (χ2v) is 5.10. The van der Waals surface area contributed by atoms with Crippen LogP contribution in [-0.2, 0) is 4.74 Å². The summed E-state index contributed by atoms with van der Waals surface area (Å²) >= 11 is 0. The van der Waals surface area contributed by atoms with Gasteiger partial charge in [-0.2, -0.15) is 4.98 Å². The highest BCUT2D eigenvalue weighted by Gasteiger charge is 2.28. The van der Waals surface area contributed by atoms with Crippen LogP contribution in [-0.4, -0.2) is 50.7 Å². The van der Waals surface area contributed by atoms with Crippen molar-refractivity contribution in [2.75, 3.05) is 25.1 Å². The fourth-order valence-corrected chi connectivity index (χ4v) is 2.56. The van der Waals surface area contributed by atoms with E-state index in [4.69, 9.17) is 4.74 Å². The van der Waals surface area contributed by atoms with E-state index in [2.05, 4.69) is 15.0 Å². The molecule has 2 aromatic heterocycles. The van der Waals surface area contributed by atoms with Gasteiger partial charge in [-0.15, -0.1) is 0 Å². The van der Waals surface area contributed by atoms with E-state index >= 15 is 0 Å². The van der Waals surface area contributed by atoms with Gasteiger partial charge in [-0.25, -0.2) is 9.97 Å². The zero-order chi connectivity index (χ0) is 15.7. The number of hydrogen-bond donors (Lipinski definition) is 0. The molecular weight excluding hydrogens is 288 g/mol. The van der Waals surface area contributed by atoms with Gasteiger partial charge < -0.3 is 9.64 Å². The Morgan fingerprint density at radius 1 is 1.45 bits per heavy atom. The lowest BCUT2D eigenvalue weighted by molar-refractivity contribution is -0.385. The van der Waals surface area contributed by atoms with Gasteiger partial charge in [0.1, 0.15) is 12.0 Å². The maximum Gasteiger partial charge on any atom is 0.333 e. The Labute approximate surface area is 126 Å². The lowest BCUT2D eigenvalue weighted by Crippen LogP contribution is -2.25. The molecule has 1 fully saturated rings. The highest BCUT2D eigenvalue weighted by atomic mass is 16.6. The Bertz CT molecular complexity index is 687. The molecule has 0 radical (unpaired) electrons. The van der Waals surface area contributed by atoms with Crippen LogP contribution in [0.15, 0.2) is 18.7 Å². The summed E-state index contributed by atoms with van der Waals surface area (Å²) in [6, 6.07) is 0. The summed E-state index contributed by atoms with van der Waals surface area (Å²) in [6.07, 6.45) is 5.69. The number of hydrogen-bond acceptors (Lipinski definition) is 7. The summed E-state index contributed by atoms with van der Waals surface area (Å²) in [7, 11) is 1.67. The Hall–Kier alpha value is -2.55. The Morgan fingerprint density at radius 2 is 2.27 bits per heavy atom. The standard InChI is InChI=1S/C13H16N6O3/c1-9-11(19(20)21)12(18-6-4-14-8-18)16-13(15-9)17-5-3-10(7-17)22-2/h4,6,8,10H,3,5,7H2,1-2H3/t10-/m1/s1. The van der Waals surface area contributed by atoms with Crippen molar-refractivity contribution in [2.45, 2.75) is 19.4 Å². The molecule has 3 heterocycles. The molecule has 0 aliphatic carbocycles. The number of nitrogens with zero attached hydrogens (tertiary/aromatic N) is 6. The number of aromatic nitrogens is 4. The van der Waals surface area contributed by atoms with Gasteiger partial charge in [-0.3, -0.25) is 14.7 Å². The first-order chi connectivity index (χ1) is 10.6. The van der Waals surface area contributed by atoms with Crippen LogP contribution in [0.1, 0.15) is 12.1 Å². The lowest BCUT2D eigenvalue weighted by Gasteiger charge is -2.17. The minimum absolute atomic E-state index is 0.107. The molecule has 3 rings (SSSR count). The first-order valence-electron chi connectivity index (χ1n) is 6.89. The van der Waals surface area contributed by atoms with Crippen molar-refractivity contribution in [1.82, 2.24) is 19.5 Å². The van der Waals surface area contributed by atoms with Gasteiger partial charge >= 0.3 is 5.69 Å².